The van der Waals surface area contributed by atoms with E-state index in [4.69, 9.17) is 0 Å². The van der Waals surface area contributed by atoms with Gasteiger partial charge in [0.15, 0.2) is 0 Å². The summed E-state index contributed by atoms with van der Waals surface area (Å²) in [5.41, 5.74) is 3.39. The van der Waals surface area contributed by atoms with E-state index >= 15 is 0 Å². The highest BCUT2D eigenvalue weighted by Gasteiger charge is 2.55. The van der Waals surface area contributed by atoms with Crippen LogP contribution in [0, 0.1) is 27.9 Å². The minimum Gasteiger partial charge on any atom is -0.507 e. The molecule has 3 aromatic rings. The van der Waals surface area contributed by atoms with E-state index in [1.54, 1.807) is 6.07 Å². The molecular weight excluding hydrogens is 548 g/mol. The number of aliphatic hydroxyl groups excluding tert-OH is 2. The van der Waals surface area contributed by atoms with E-state index in [0.717, 1.165) is 45.2 Å². The average molecular weight is 585 g/mol. The number of benzene rings is 3. The summed E-state index contributed by atoms with van der Waals surface area (Å²) < 4.78 is 0. The van der Waals surface area contributed by atoms with Crippen molar-refractivity contribution in [3.8, 4) is 5.75 Å². The molecule has 0 bridgehead atoms. The van der Waals surface area contributed by atoms with Gasteiger partial charge in [0.25, 0.3) is 5.69 Å². The number of hydrogen-bond acceptors (Lipinski definition) is 7. The van der Waals surface area contributed by atoms with Gasteiger partial charge in [-0.1, -0.05) is 67.0 Å². The van der Waals surface area contributed by atoms with Gasteiger partial charge in [-0.15, -0.1) is 0 Å². The third-order valence-corrected chi connectivity index (χ3v) is 8.79. The van der Waals surface area contributed by atoms with Gasteiger partial charge in [0.2, 0.25) is 11.8 Å². The summed E-state index contributed by atoms with van der Waals surface area (Å²) >= 11 is 0. The van der Waals surface area contributed by atoms with Crippen LogP contribution in [-0.2, 0) is 9.59 Å². The molecule has 224 valence electrons. The topological polar surface area (TPSA) is 141 Å². The SMILES string of the molecule is CCC/C(=C\c1ccc(O)c2ccccc12)CC[C@@H](O)C1=C(C)C[C@H]2C(=O)N(c3cccc([N+](=O)[O-])c3)C(=O)[C@H]2[C@H]1CO. The molecule has 1 heterocycles. The zero-order chi connectivity index (χ0) is 30.8. The van der Waals surface area contributed by atoms with Gasteiger partial charge >= 0.3 is 0 Å². The molecule has 1 fully saturated rings. The number of allylic oxidation sites excluding steroid dienone is 2. The molecule has 0 radical (unpaired) electrons. The predicted octanol–water partition coefficient (Wildman–Crippen LogP) is 5.91. The summed E-state index contributed by atoms with van der Waals surface area (Å²) in [5.74, 6) is -3.06. The summed E-state index contributed by atoms with van der Waals surface area (Å²) in [4.78, 5) is 38.8. The number of aromatic hydroxyl groups is 1. The number of phenolic OH excluding ortho intramolecular Hbond substituents is 1. The van der Waals surface area contributed by atoms with E-state index in [2.05, 4.69) is 13.0 Å². The van der Waals surface area contributed by atoms with Crippen molar-refractivity contribution in [3.05, 3.63) is 93.1 Å². The number of nitro benzene ring substituents is 1. The molecule has 2 amide bonds. The molecule has 1 aliphatic heterocycles. The number of amides is 2. The number of aliphatic hydroxyl groups is 2. The Hall–Kier alpha value is -4.34. The van der Waals surface area contributed by atoms with Crippen LogP contribution in [0.3, 0.4) is 0 Å². The Kier molecular flexibility index (Phi) is 8.75. The minimum atomic E-state index is -0.926. The number of nitrogens with zero attached hydrogens (tertiary/aromatic N) is 2. The van der Waals surface area contributed by atoms with Crippen molar-refractivity contribution in [3.63, 3.8) is 0 Å². The first kappa shape index (κ1) is 30.1. The van der Waals surface area contributed by atoms with Crippen LogP contribution in [0.4, 0.5) is 11.4 Å². The van der Waals surface area contributed by atoms with Gasteiger partial charge in [-0.25, -0.2) is 4.90 Å². The van der Waals surface area contributed by atoms with Crippen LogP contribution >= 0.6 is 0 Å². The Balaban J connectivity index is 1.38. The van der Waals surface area contributed by atoms with Gasteiger partial charge in [-0.2, -0.15) is 0 Å². The molecule has 1 saturated heterocycles. The highest BCUT2D eigenvalue weighted by atomic mass is 16.6. The normalized spacial score (nSPS) is 21.4. The Morgan fingerprint density at radius 2 is 1.81 bits per heavy atom. The van der Waals surface area contributed by atoms with Gasteiger partial charge in [0.1, 0.15) is 5.75 Å². The maximum Gasteiger partial charge on any atom is 0.271 e. The zero-order valence-corrected chi connectivity index (χ0v) is 24.3. The summed E-state index contributed by atoms with van der Waals surface area (Å²) in [6.45, 7) is 3.51. The second-order valence-electron chi connectivity index (χ2n) is 11.5. The van der Waals surface area contributed by atoms with Crippen LogP contribution in [0.2, 0.25) is 0 Å². The molecule has 3 aromatic carbocycles. The van der Waals surface area contributed by atoms with Crippen molar-refractivity contribution in [2.45, 2.75) is 52.1 Å². The van der Waals surface area contributed by atoms with Gasteiger partial charge in [0, 0.05) is 23.4 Å². The molecule has 3 N–H and O–H groups in total. The fourth-order valence-corrected chi connectivity index (χ4v) is 6.84. The van der Waals surface area contributed by atoms with Gasteiger partial charge in [0.05, 0.1) is 35.2 Å². The summed E-state index contributed by atoms with van der Waals surface area (Å²) in [6, 6.07) is 16.6. The number of anilines is 1. The standard InChI is InChI=1S/C34H36N2O7/c1-3-7-21(17-22-13-15-29(38)26-11-5-4-10-25(22)26)12-14-30(39)31-20(2)16-27-32(28(31)19-37)34(41)35(33(27)40)23-8-6-9-24(18-23)36(42)43/h4-6,8-11,13,15,17-18,27-28,30,32,37-39H,3,7,12,14,16,19H2,1-2H3/b21-17+/t27-,28+,30-,32-/m1/s1. The van der Waals surface area contributed by atoms with Crippen LogP contribution in [0.15, 0.2) is 77.4 Å². The van der Waals surface area contributed by atoms with Crippen molar-refractivity contribution in [1.82, 2.24) is 0 Å². The first-order valence-corrected chi connectivity index (χ1v) is 14.7. The fraction of sp³-hybridized carbons (Fsp3) is 0.353. The molecule has 9 nitrogen and oxygen atoms in total. The number of imide groups is 1. The van der Waals surface area contributed by atoms with E-state index in [0.29, 0.717) is 18.4 Å². The molecule has 0 spiro atoms. The molecule has 1 aliphatic carbocycles. The largest absolute Gasteiger partial charge is 0.507 e. The highest BCUT2D eigenvalue weighted by Crippen LogP contribution is 2.47. The molecule has 2 aliphatic rings. The number of non-ortho nitro benzene ring substituents is 1. The molecule has 5 rings (SSSR count). The molecule has 0 saturated carbocycles. The van der Waals surface area contributed by atoms with E-state index in [1.165, 1.54) is 24.3 Å². The monoisotopic (exact) mass is 584 g/mol. The van der Waals surface area contributed by atoms with E-state index in [-0.39, 0.29) is 23.5 Å². The third-order valence-electron chi connectivity index (χ3n) is 8.79. The Morgan fingerprint density at radius 1 is 1.07 bits per heavy atom. The number of phenols is 1. The lowest BCUT2D eigenvalue weighted by Gasteiger charge is -2.35. The molecule has 0 aromatic heterocycles. The second kappa shape index (κ2) is 12.5. The van der Waals surface area contributed by atoms with Crippen LogP contribution in [-0.4, -0.2) is 44.8 Å². The fourth-order valence-electron chi connectivity index (χ4n) is 6.84. The first-order chi connectivity index (χ1) is 20.7. The number of nitro groups is 1. The number of carbonyl (C=O) groups excluding carboxylic acids is 2. The van der Waals surface area contributed by atoms with Crippen molar-refractivity contribution >= 4 is 40.0 Å². The van der Waals surface area contributed by atoms with Crippen molar-refractivity contribution in [2.75, 3.05) is 11.5 Å². The highest BCUT2D eigenvalue weighted by molar-refractivity contribution is 6.22. The lowest BCUT2D eigenvalue weighted by atomic mass is 9.68. The number of hydrogen-bond donors (Lipinski definition) is 3. The first-order valence-electron chi connectivity index (χ1n) is 14.7. The average Bonchev–Trinajstić information content (AvgIpc) is 3.25. The lowest BCUT2D eigenvalue weighted by Crippen LogP contribution is -2.38. The Labute approximate surface area is 249 Å². The number of rotatable bonds is 10. The quantitative estimate of drug-likeness (QED) is 0.116. The van der Waals surface area contributed by atoms with Crippen molar-refractivity contribution in [2.24, 2.45) is 17.8 Å². The van der Waals surface area contributed by atoms with Crippen LogP contribution < -0.4 is 4.90 Å². The summed E-state index contributed by atoms with van der Waals surface area (Å²) in [6.07, 6.45) is 4.13. The predicted molar refractivity (Wildman–Crippen MR) is 164 cm³/mol. The molecule has 43 heavy (non-hydrogen) atoms. The van der Waals surface area contributed by atoms with Crippen LogP contribution in [0.1, 0.15) is 51.5 Å². The number of carbonyl (C=O) groups is 2. The minimum absolute atomic E-state index is 0.131. The smallest absolute Gasteiger partial charge is 0.271 e. The maximum atomic E-state index is 13.7. The molecular formula is C34H36N2O7. The zero-order valence-electron chi connectivity index (χ0n) is 24.3. The molecule has 0 unspecified atom stereocenters. The van der Waals surface area contributed by atoms with Gasteiger partial charge < -0.3 is 15.3 Å². The lowest BCUT2D eigenvalue weighted by molar-refractivity contribution is -0.384. The van der Waals surface area contributed by atoms with Crippen LogP contribution in [0.25, 0.3) is 16.8 Å². The van der Waals surface area contributed by atoms with E-state index < -0.39 is 47.2 Å². The number of fused-ring (bicyclic) bond motifs is 2. The summed E-state index contributed by atoms with van der Waals surface area (Å²) in [7, 11) is 0. The summed E-state index contributed by atoms with van der Waals surface area (Å²) in [5, 5.41) is 45.3. The molecule has 4 atom stereocenters. The Bertz CT molecular complexity index is 1640. The van der Waals surface area contributed by atoms with Gasteiger partial charge in [-0.05, 0) is 61.3 Å². The van der Waals surface area contributed by atoms with Gasteiger partial charge in [-0.3, -0.25) is 19.7 Å². The van der Waals surface area contributed by atoms with Crippen LogP contribution in [0.5, 0.6) is 5.75 Å². The maximum absolute atomic E-state index is 13.7. The van der Waals surface area contributed by atoms with Crippen molar-refractivity contribution < 1.29 is 29.8 Å². The Morgan fingerprint density at radius 3 is 2.51 bits per heavy atom. The second-order valence-corrected chi connectivity index (χ2v) is 11.5. The van der Waals surface area contributed by atoms with E-state index in [1.807, 2.05) is 37.3 Å². The third kappa shape index (κ3) is 5.70. The van der Waals surface area contributed by atoms with Crippen molar-refractivity contribution in [1.29, 1.82) is 0 Å². The molecule has 9 heteroatoms. The van der Waals surface area contributed by atoms with E-state index in [9.17, 15) is 35.0 Å².